The van der Waals surface area contributed by atoms with Crippen LogP contribution in [0.25, 0.3) is 10.8 Å². The molecule has 3 aromatic rings. The molecular formula is C23H24O7. The number of fused-ring (bicyclic) bond motifs is 1. The monoisotopic (exact) mass is 412 g/mol. The van der Waals surface area contributed by atoms with Crippen LogP contribution >= 0.6 is 0 Å². The smallest absolute Gasteiger partial charge is 0.342 e. The average molecular weight is 412 g/mol. The van der Waals surface area contributed by atoms with Crippen molar-refractivity contribution >= 4 is 16.7 Å². The summed E-state index contributed by atoms with van der Waals surface area (Å²) >= 11 is 0. The third-order valence-electron chi connectivity index (χ3n) is 4.60. The van der Waals surface area contributed by atoms with E-state index in [9.17, 15) is 9.90 Å². The molecule has 0 radical (unpaired) electrons. The second-order valence-corrected chi connectivity index (χ2v) is 6.33. The van der Waals surface area contributed by atoms with E-state index in [-0.39, 0.29) is 30.3 Å². The average Bonchev–Trinajstić information content (AvgIpc) is 2.77. The maximum absolute atomic E-state index is 12.6. The van der Waals surface area contributed by atoms with Gasteiger partial charge in [0.05, 0.1) is 33.3 Å². The van der Waals surface area contributed by atoms with E-state index in [0.29, 0.717) is 28.0 Å². The van der Waals surface area contributed by atoms with E-state index in [1.54, 1.807) is 19.1 Å². The number of carbonyl (C=O) groups is 1. The molecule has 0 bridgehead atoms. The van der Waals surface area contributed by atoms with Gasteiger partial charge in [0.2, 0.25) is 0 Å². The Morgan fingerprint density at radius 3 is 2.23 bits per heavy atom. The molecular weight excluding hydrogens is 388 g/mol. The van der Waals surface area contributed by atoms with Crippen molar-refractivity contribution in [3.8, 4) is 28.7 Å². The first kappa shape index (κ1) is 21.1. The van der Waals surface area contributed by atoms with E-state index in [0.717, 1.165) is 5.56 Å². The van der Waals surface area contributed by atoms with Crippen molar-refractivity contribution in [3.05, 3.63) is 53.6 Å². The largest absolute Gasteiger partial charge is 0.504 e. The summed E-state index contributed by atoms with van der Waals surface area (Å²) in [6.07, 6.45) is 0. The van der Waals surface area contributed by atoms with Gasteiger partial charge in [-0.1, -0.05) is 30.3 Å². The Morgan fingerprint density at radius 2 is 1.63 bits per heavy atom. The van der Waals surface area contributed by atoms with Crippen molar-refractivity contribution < 1.29 is 33.6 Å². The minimum Gasteiger partial charge on any atom is -0.504 e. The summed E-state index contributed by atoms with van der Waals surface area (Å²) in [5.74, 6) is 0.187. The molecule has 0 saturated heterocycles. The van der Waals surface area contributed by atoms with Crippen LogP contribution in [0.5, 0.6) is 28.7 Å². The van der Waals surface area contributed by atoms with Gasteiger partial charge in [0.1, 0.15) is 17.9 Å². The van der Waals surface area contributed by atoms with Crippen LogP contribution < -0.4 is 18.9 Å². The number of ether oxygens (including phenoxy) is 5. The lowest BCUT2D eigenvalue weighted by molar-refractivity contribution is 0.0520. The number of rotatable bonds is 8. The van der Waals surface area contributed by atoms with Crippen molar-refractivity contribution in [2.45, 2.75) is 13.5 Å². The molecule has 158 valence electrons. The maximum Gasteiger partial charge on any atom is 0.342 e. The molecule has 30 heavy (non-hydrogen) atoms. The SMILES string of the molecule is CCOC(=O)c1cc2c(OC)cc(OC)c(OC)c2c(O)c1OCc1ccccc1. The molecule has 0 aliphatic rings. The summed E-state index contributed by atoms with van der Waals surface area (Å²) in [6, 6.07) is 12.6. The number of phenolic OH excluding ortho intramolecular Hbond substituents is 1. The zero-order chi connectivity index (χ0) is 21.7. The first-order chi connectivity index (χ1) is 14.5. The number of esters is 1. The van der Waals surface area contributed by atoms with E-state index < -0.39 is 5.97 Å². The molecule has 0 aliphatic heterocycles. The first-order valence-corrected chi connectivity index (χ1v) is 9.38. The molecule has 0 saturated carbocycles. The Bertz CT molecular complexity index is 1040. The fourth-order valence-electron chi connectivity index (χ4n) is 3.22. The van der Waals surface area contributed by atoms with Crippen LogP contribution in [0.2, 0.25) is 0 Å². The fraction of sp³-hybridized carbons (Fsp3) is 0.261. The molecule has 7 heteroatoms. The fourth-order valence-corrected chi connectivity index (χ4v) is 3.22. The van der Waals surface area contributed by atoms with Gasteiger partial charge in [-0.25, -0.2) is 4.79 Å². The van der Waals surface area contributed by atoms with Crippen molar-refractivity contribution in [1.29, 1.82) is 0 Å². The molecule has 0 spiro atoms. The molecule has 1 N–H and O–H groups in total. The molecule has 0 aromatic heterocycles. The highest BCUT2D eigenvalue weighted by Gasteiger charge is 2.26. The van der Waals surface area contributed by atoms with Gasteiger partial charge in [-0.05, 0) is 18.6 Å². The second-order valence-electron chi connectivity index (χ2n) is 6.33. The summed E-state index contributed by atoms with van der Waals surface area (Å²) in [6.45, 7) is 2.03. The van der Waals surface area contributed by atoms with Gasteiger partial charge >= 0.3 is 5.97 Å². The summed E-state index contributed by atoms with van der Waals surface area (Å²) < 4.78 is 27.4. The molecule has 0 unspecified atom stereocenters. The highest BCUT2D eigenvalue weighted by Crippen LogP contribution is 2.50. The number of hydrogen-bond acceptors (Lipinski definition) is 7. The lowest BCUT2D eigenvalue weighted by Gasteiger charge is -2.19. The normalized spacial score (nSPS) is 10.5. The van der Waals surface area contributed by atoms with E-state index >= 15 is 0 Å². The van der Waals surface area contributed by atoms with E-state index in [2.05, 4.69) is 0 Å². The molecule has 0 aliphatic carbocycles. The molecule has 0 fully saturated rings. The summed E-state index contributed by atoms with van der Waals surface area (Å²) in [5, 5.41) is 11.9. The number of phenols is 1. The third-order valence-corrected chi connectivity index (χ3v) is 4.60. The minimum atomic E-state index is -0.616. The molecule has 0 atom stereocenters. The highest BCUT2D eigenvalue weighted by molar-refractivity contribution is 6.07. The number of aromatic hydroxyl groups is 1. The molecule has 3 aromatic carbocycles. The van der Waals surface area contributed by atoms with Gasteiger partial charge in [-0.2, -0.15) is 0 Å². The molecule has 3 rings (SSSR count). The lowest BCUT2D eigenvalue weighted by Crippen LogP contribution is -2.09. The quantitative estimate of drug-likeness (QED) is 0.552. The van der Waals surface area contributed by atoms with Gasteiger partial charge in [-0.15, -0.1) is 0 Å². The Kier molecular flexibility index (Phi) is 6.51. The summed E-state index contributed by atoms with van der Waals surface area (Å²) in [5.41, 5.74) is 0.963. The third kappa shape index (κ3) is 3.91. The van der Waals surface area contributed by atoms with Gasteiger partial charge in [-0.3, -0.25) is 0 Å². The van der Waals surface area contributed by atoms with Gasteiger partial charge in [0.25, 0.3) is 0 Å². The molecule has 7 nitrogen and oxygen atoms in total. The number of hydrogen-bond donors (Lipinski definition) is 1. The van der Waals surface area contributed by atoms with Gasteiger partial charge < -0.3 is 28.8 Å². The van der Waals surface area contributed by atoms with E-state index in [1.165, 1.54) is 21.3 Å². The van der Waals surface area contributed by atoms with Crippen LogP contribution in [-0.4, -0.2) is 39.0 Å². The highest BCUT2D eigenvalue weighted by atomic mass is 16.5. The maximum atomic E-state index is 12.6. The number of benzene rings is 3. The summed E-state index contributed by atoms with van der Waals surface area (Å²) in [4.78, 5) is 12.6. The van der Waals surface area contributed by atoms with Gasteiger partial charge in [0, 0.05) is 11.5 Å². The van der Waals surface area contributed by atoms with Crippen molar-refractivity contribution in [2.75, 3.05) is 27.9 Å². The van der Waals surface area contributed by atoms with Crippen LogP contribution in [0.15, 0.2) is 42.5 Å². The van der Waals surface area contributed by atoms with Crippen LogP contribution in [0.1, 0.15) is 22.8 Å². The van der Waals surface area contributed by atoms with Crippen LogP contribution in [-0.2, 0) is 11.3 Å². The predicted octanol–water partition coefficient (Wildman–Crippen LogP) is 4.33. The van der Waals surface area contributed by atoms with Crippen LogP contribution in [0, 0.1) is 0 Å². The number of carbonyl (C=O) groups excluding carboxylic acids is 1. The Balaban J connectivity index is 2.26. The number of methoxy groups -OCH3 is 3. The van der Waals surface area contributed by atoms with E-state index in [4.69, 9.17) is 23.7 Å². The van der Waals surface area contributed by atoms with Crippen LogP contribution in [0.3, 0.4) is 0 Å². The minimum absolute atomic E-state index is 0.00147. The Hall–Kier alpha value is -3.61. The Morgan fingerprint density at radius 1 is 0.933 bits per heavy atom. The zero-order valence-electron chi connectivity index (χ0n) is 17.4. The van der Waals surface area contributed by atoms with Crippen molar-refractivity contribution in [2.24, 2.45) is 0 Å². The van der Waals surface area contributed by atoms with Crippen molar-refractivity contribution in [1.82, 2.24) is 0 Å². The zero-order valence-corrected chi connectivity index (χ0v) is 17.4. The van der Waals surface area contributed by atoms with E-state index in [1.807, 2.05) is 30.3 Å². The molecule has 0 amide bonds. The lowest BCUT2D eigenvalue weighted by atomic mass is 10.0. The standard InChI is InChI=1S/C23H24O7/c1-5-29-23(25)16-11-15-17(26-2)12-18(27-3)22(28-4)19(15)20(24)21(16)30-13-14-9-7-6-8-10-14/h6-12,24H,5,13H2,1-4H3. The Labute approximate surface area is 174 Å². The topological polar surface area (TPSA) is 83.5 Å². The van der Waals surface area contributed by atoms with Gasteiger partial charge in [0.15, 0.2) is 23.0 Å². The summed E-state index contributed by atoms with van der Waals surface area (Å²) in [7, 11) is 4.44. The van der Waals surface area contributed by atoms with Crippen molar-refractivity contribution in [3.63, 3.8) is 0 Å². The first-order valence-electron chi connectivity index (χ1n) is 9.38. The van der Waals surface area contributed by atoms with Crippen LogP contribution in [0.4, 0.5) is 0 Å². The second kappa shape index (κ2) is 9.26. The molecule has 0 heterocycles. The predicted molar refractivity (Wildman–Crippen MR) is 112 cm³/mol.